The Hall–Kier alpha value is -1.89. The van der Waals surface area contributed by atoms with Gasteiger partial charge in [0, 0.05) is 38.1 Å². The summed E-state index contributed by atoms with van der Waals surface area (Å²) in [4.78, 5) is 38.1. The zero-order valence-electron chi connectivity index (χ0n) is 18.5. The molecule has 0 radical (unpaired) electrons. The molecule has 3 rings (SSSR count). The van der Waals surface area contributed by atoms with Gasteiger partial charge < -0.3 is 19.5 Å². The second-order valence-electron chi connectivity index (χ2n) is 9.26. The van der Waals surface area contributed by atoms with Crippen molar-refractivity contribution in [2.75, 3.05) is 20.8 Å². The average Bonchev–Trinajstić information content (AvgIpc) is 3.37. The smallest absolute Gasteiger partial charge is 0.231 e. The van der Waals surface area contributed by atoms with E-state index in [1.54, 1.807) is 18.2 Å². The lowest BCUT2D eigenvalue weighted by Gasteiger charge is -2.39. The summed E-state index contributed by atoms with van der Waals surface area (Å²) in [5, 5.41) is 0. The largest absolute Gasteiger partial charge is 0.384 e. The molecule has 7 heteroatoms. The van der Waals surface area contributed by atoms with Crippen molar-refractivity contribution in [2.24, 2.45) is 11.3 Å². The summed E-state index contributed by atoms with van der Waals surface area (Å²) >= 11 is 0. The molecule has 3 heterocycles. The van der Waals surface area contributed by atoms with E-state index in [0.29, 0.717) is 25.5 Å². The van der Waals surface area contributed by atoms with Crippen molar-refractivity contribution in [3.63, 3.8) is 0 Å². The molecule has 2 amide bonds. The maximum atomic E-state index is 13.8. The first-order valence-corrected chi connectivity index (χ1v) is 10.8. The molecule has 1 aromatic heterocycles. The molecule has 2 bridgehead atoms. The Morgan fingerprint density at radius 1 is 1.41 bits per heavy atom. The van der Waals surface area contributed by atoms with Crippen LogP contribution in [0.2, 0.25) is 0 Å². The maximum Gasteiger partial charge on any atom is 0.231 e. The zero-order chi connectivity index (χ0) is 21.2. The quantitative estimate of drug-likeness (QED) is 0.686. The third-order valence-corrected chi connectivity index (χ3v) is 6.63. The third-order valence-electron chi connectivity index (χ3n) is 6.63. The molecule has 162 valence electrons. The van der Waals surface area contributed by atoms with Gasteiger partial charge in [-0.2, -0.15) is 0 Å². The molecule has 0 unspecified atom stereocenters. The van der Waals surface area contributed by atoms with Crippen molar-refractivity contribution in [3.05, 3.63) is 17.7 Å². The highest BCUT2D eigenvalue weighted by Gasteiger charge is 2.61. The fraction of sp³-hybridized carbons (Fsp3) is 0.773. The van der Waals surface area contributed by atoms with Crippen LogP contribution in [0.25, 0.3) is 0 Å². The Bertz CT molecular complexity index is 731. The van der Waals surface area contributed by atoms with Gasteiger partial charge in [0.05, 0.1) is 25.0 Å². The summed E-state index contributed by atoms with van der Waals surface area (Å²) in [6.07, 6.45) is 6.70. The first-order valence-electron chi connectivity index (χ1n) is 10.8. The van der Waals surface area contributed by atoms with Crippen LogP contribution < -0.4 is 0 Å². The highest BCUT2D eigenvalue weighted by molar-refractivity contribution is 5.87. The number of nitrogens with zero attached hydrogens (tertiary/aromatic N) is 3. The number of aromatic amines is 1. The van der Waals surface area contributed by atoms with Gasteiger partial charge in [-0.15, -0.1) is 0 Å². The highest BCUT2D eigenvalue weighted by atomic mass is 16.5. The first-order chi connectivity index (χ1) is 13.8. The minimum absolute atomic E-state index is 0.00360. The van der Waals surface area contributed by atoms with Gasteiger partial charge in [-0.1, -0.05) is 13.8 Å². The van der Waals surface area contributed by atoms with E-state index in [2.05, 4.69) is 23.8 Å². The van der Waals surface area contributed by atoms with Crippen molar-refractivity contribution < 1.29 is 14.3 Å². The molecule has 0 aromatic carbocycles. The summed E-state index contributed by atoms with van der Waals surface area (Å²) in [6.45, 7) is 7.25. The normalized spacial score (nSPS) is 25.8. The highest BCUT2D eigenvalue weighted by Crippen LogP contribution is 2.53. The van der Waals surface area contributed by atoms with E-state index >= 15 is 0 Å². The Kier molecular flexibility index (Phi) is 6.66. The van der Waals surface area contributed by atoms with Crippen LogP contribution in [0, 0.1) is 18.3 Å². The molecule has 1 N–H and O–H groups in total. The summed E-state index contributed by atoms with van der Waals surface area (Å²) < 4.78 is 5.11. The first kappa shape index (κ1) is 21.8. The Labute approximate surface area is 174 Å². The Morgan fingerprint density at radius 2 is 2.17 bits per heavy atom. The van der Waals surface area contributed by atoms with Gasteiger partial charge >= 0.3 is 0 Å². The lowest BCUT2D eigenvalue weighted by Crippen LogP contribution is -2.50. The molecule has 0 saturated carbocycles. The van der Waals surface area contributed by atoms with Crippen LogP contribution in [0.1, 0.15) is 63.9 Å². The molecule has 2 aliphatic rings. The number of ether oxygens (including phenoxy) is 1. The zero-order valence-corrected chi connectivity index (χ0v) is 18.5. The van der Waals surface area contributed by atoms with Gasteiger partial charge in [0.2, 0.25) is 11.8 Å². The molecule has 0 spiro atoms. The number of methoxy groups -OCH3 is 1. The fourth-order valence-corrected chi connectivity index (χ4v) is 5.25. The molecule has 2 fully saturated rings. The van der Waals surface area contributed by atoms with Crippen molar-refractivity contribution in [2.45, 2.75) is 77.9 Å². The molecule has 7 nitrogen and oxygen atoms in total. The van der Waals surface area contributed by atoms with Gasteiger partial charge in [-0.05, 0) is 44.9 Å². The number of hydrogen-bond donors (Lipinski definition) is 1. The predicted octanol–water partition coefficient (Wildman–Crippen LogP) is 2.90. The molecule has 3 atom stereocenters. The number of carbonyl (C=O) groups is 2. The molecule has 1 aromatic rings. The van der Waals surface area contributed by atoms with Gasteiger partial charge in [0.1, 0.15) is 5.82 Å². The van der Waals surface area contributed by atoms with E-state index in [9.17, 15) is 9.59 Å². The Balaban J connectivity index is 1.82. The predicted molar refractivity (Wildman–Crippen MR) is 111 cm³/mol. The van der Waals surface area contributed by atoms with E-state index < -0.39 is 5.41 Å². The topological polar surface area (TPSA) is 78.5 Å². The third kappa shape index (κ3) is 4.34. The van der Waals surface area contributed by atoms with Crippen LogP contribution in [0.4, 0.5) is 0 Å². The van der Waals surface area contributed by atoms with Crippen LogP contribution in [-0.2, 0) is 20.9 Å². The van der Waals surface area contributed by atoms with Crippen LogP contribution in [0.5, 0.6) is 0 Å². The molecule has 29 heavy (non-hydrogen) atoms. The van der Waals surface area contributed by atoms with E-state index in [4.69, 9.17) is 4.74 Å². The van der Waals surface area contributed by atoms with E-state index in [1.165, 1.54) is 0 Å². The minimum atomic E-state index is -0.480. The van der Waals surface area contributed by atoms with E-state index in [-0.39, 0.29) is 23.9 Å². The second kappa shape index (κ2) is 8.86. The number of rotatable bonds is 9. The summed E-state index contributed by atoms with van der Waals surface area (Å²) in [5.74, 6) is 1.61. The minimum Gasteiger partial charge on any atom is -0.384 e. The number of fused-ring (bicyclic) bond motifs is 2. The van der Waals surface area contributed by atoms with Gasteiger partial charge in [0.25, 0.3) is 0 Å². The lowest BCUT2D eigenvalue weighted by atomic mass is 9.69. The van der Waals surface area contributed by atoms with Crippen LogP contribution in [-0.4, -0.2) is 64.4 Å². The summed E-state index contributed by atoms with van der Waals surface area (Å²) in [6, 6.07) is 0.184. The number of hydrogen-bond acceptors (Lipinski definition) is 4. The van der Waals surface area contributed by atoms with E-state index in [1.807, 2.05) is 18.9 Å². The van der Waals surface area contributed by atoms with E-state index in [0.717, 1.165) is 43.6 Å². The van der Waals surface area contributed by atoms with Crippen molar-refractivity contribution in [1.29, 1.82) is 0 Å². The second-order valence-corrected chi connectivity index (χ2v) is 9.26. The number of carbonyl (C=O) groups excluding carboxylic acids is 2. The number of aryl methyl sites for hydroxylation is 1. The molecular weight excluding hydrogens is 368 g/mol. The number of amides is 2. The summed E-state index contributed by atoms with van der Waals surface area (Å²) in [7, 11) is 3.48. The van der Waals surface area contributed by atoms with Gasteiger partial charge in [0.15, 0.2) is 0 Å². The van der Waals surface area contributed by atoms with Crippen molar-refractivity contribution in [3.8, 4) is 0 Å². The van der Waals surface area contributed by atoms with Crippen molar-refractivity contribution >= 4 is 11.8 Å². The molecule has 2 aliphatic heterocycles. The number of imidazole rings is 1. The standard InChI is InChI=1S/C22H36N4O3/c1-15(2)8-10-22(21(28)25(4)14-19-23-13-16(3)24-19)12-17-6-7-18(22)26(17)20(27)9-11-29-5/h13,15,17-18H,6-12,14H2,1-5H3,(H,23,24)/t17-,18+,22+/m1/s1. The van der Waals surface area contributed by atoms with Crippen LogP contribution in [0.15, 0.2) is 6.20 Å². The average molecular weight is 405 g/mol. The fourth-order valence-electron chi connectivity index (χ4n) is 5.25. The van der Waals surface area contributed by atoms with Crippen LogP contribution >= 0.6 is 0 Å². The summed E-state index contributed by atoms with van der Waals surface area (Å²) in [5.41, 5.74) is 0.511. The number of H-pyrrole nitrogens is 1. The Morgan fingerprint density at radius 3 is 2.79 bits per heavy atom. The lowest BCUT2D eigenvalue weighted by molar-refractivity contribution is -0.145. The monoisotopic (exact) mass is 404 g/mol. The maximum absolute atomic E-state index is 13.8. The number of aromatic nitrogens is 2. The van der Waals surface area contributed by atoms with Gasteiger partial charge in [-0.25, -0.2) is 4.98 Å². The van der Waals surface area contributed by atoms with Crippen molar-refractivity contribution in [1.82, 2.24) is 19.8 Å². The number of nitrogens with one attached hydrogen (secondary N) is 1. The SMILES string of the molecule is COCCC(=O)N1[C@@H]2CC[C@H]1[C@@](CCC(C)C)(C(=O)N(C)Cc1ncc(C)[nH]1)C2. The van der Waals surface area contributed by atoms with Crippen LogP contribution in [0.3, 0.4) is 0 Å². The molecule has 2 saturated heterocycles. The molecule has 0 aliphatic carbocycles. The molecular formula is C22H36N4O3. The van der Waals surface area contributed by atoms with Gasteiger partial charge in [-0.3, -0.25) is 9.59 Å².